The fraction of sp³-hybridized carbons (Fsp3) is 0.400. The average Bonchev–Trinajstić information content (AvgIpc) is 3.28. The lowest BCUT2D eigenvalue weighted by Crippen LogP contribution is -2.48. The molecule has 8 nitrogen and oxygen atoms in total. The molecule has 1 amide bonds. The van der Waals surface area contributed by atoms with E-state index in [0.717, 1.165) is 24.3 Å². The first-order chi connectivity index (χ1) is 13.8. The predicted octanol–water partition coefficient (Wildman–Crippen LogP) is 2.30. The highest BCUT2D eigenvalue weighted by atomic mass is 16.5. The minimum Gasteiger partial charge on any atom is -0.338 e. The first kappa shape index (κ1) is 17.1. The lowest BCUT2D eigenvalue weighted by Gasteiger charge is -2.33. The molecule has 0 unspecified atom stereocenters. The van der Waals surface area contributed by atoms with E-state index < -0.39 is 0 Å². The summed E-state index contributed by atoms with van der Waals surface area (Å²) in [6.07, 6.45) is 2.38. The first-order valence-corrected chi connectivity index (χ1v) is 9.71. The van der Waals surface area contributed by atoms with Gasteiger partial charge >= 0.3 is 0 Å². The molecule has 0 atom stereocenters. The molecule has 1 saturated heterocycles. The zero-order chi connectivity index (χ0) is 18.9. The third-order valence-corrected chi connectivity index (χ3v) is 5.35. The van der Waals surface area contributed by atoms with E-state index in [0.29, 0.717) is 43.0 Å². The van der Waals surface area contributed by atoms with Crippen molar-refractivity contribution in [2.24, 2.45) is 0 Å². The summed E-state index contributed by atoms with van der Waals surface area (Å²) in [5, 5.41) is 11.3. The summed E-state index contributed by atoms with van der Waals surface area (Å²) in [6, 6.07) is 11.7. The number of carbonyl (C=O) groups excluding carboxylic acids is 1. The molecule has 1 N–H and O–H groups in total. The van der Waals surface area contributed by atoms with Crippen LogP contribution in [0.2, 0.25) is 0 Å². The van der Waals surface area contributed by atoms with Crippen LogP contribution in [0.3, 0.4) is 0 Å². The number of piperazine rings is 1. The fourth-order valence-corrected chi connectivity index (χ4v) is 3.54. The van der Waals surface area contributed by atoms with Crippen LogP contribution in [0.15, 0.2) is 40.9 Å². The number of hydrogen-bond acceptors (Lipinski definition) is 6. The fourth-order valence-electron chi connectivity index (χ4n) is 3.54. The van der Waals surface area contributed by atoms with E-state index in [4.69, 9.17) is 4.52 Å². The van der Waals surface area contributed by atoms with Crippen LogP contribution in [0.25, 0.3) is 11.4 Å². The number of aromatic amines is 1. The molecule has 1 aliphatic carbocycles. The van der Waals surface area contributed by atoms with Crippen molar-refractivity contribution < 1.29 is 9.32 Å². The Morgan fingerprint density at radius 3 is 2.68 bits per heavy atom. The van der Waals surface area contributed by atoms with Gasteiger partial charge in [0.25, 0.3) is 5.91 Å². The quantitative estimate of drug-likeness (QED) is 0.732. The van der Waals surface area contributed by atoms with E-state index in [9.17, 15) is 4.79 Å². The Bertz CT molecular complexity index is 954. The standard InChI is InChI=1S/C20H22N6O2/c27-20(17-12-16(22-23-17)14-6-7-14)26-10-8-25(9-11-26)13-18-21-19(24-28-18)15-4-2-1-3-5-15/h1-5,12,14H,6-11,13H2,(H,22,23). The van der Waals surface area contributed by atoms with Crippen molar-refractivity contribution in [3.05, 3.63) is 53.7 Å². The highest BCUT2D eigenvalue weighted by molar-refractivity contribution is 5.92. The smallest absolute Gasteiger partial charge is 0.274 e. The number of H-pyrrole nitrogens is 1. The van der Waals surface area contributed by atoms with E-state index in [-0.39, 0.29) is 5.91 Å². The minimum absolute atomic E-state index is 0.00644. The largest absolute Gasteiger partial charge is 0.338 e. The maximum absolute atomic E-state index is 12.7. The van der Waals surface area contributed by atoms with Crippen molar-refractivity contribution in [2.45, 2.75) is 25.3 Å². The molecule has 3 heterocycles. The van der Waals surface area contributed by atoms with Gasteiger partial charge in [-0.05, 0) is 18.9 Å². The molecule has 5 rings (SSSR count). The molecule has 1 aliphatic heterocycles. The van der Waals surface area contributed by atoms with Crippen molar-refractivity contribution in [1.82, 2.24) is 30.1 Å². The molecule has 2 fully saturated rings. The van der Waals surface area contributed by atoms with E-state index in [1.54, 1.807) is 0 Å². The van der Waals surface area contributed by atoms with Gasteiger partial charge in [0.05, 0.1) is 6.54 Å². The Kier molecular flexibility index (Phi) is 4.40. The summed E-state index contributed by atoms with van der Waals surface area (Å²) in [7, 11) is 0. The van der Waals surface area contributed by atoms with Gasteiger partial charge in [-0.15, -0.1) is 0 Å². The van der Waals surface area contributed by atoms with Gasteiger partial charge in [-0.1, -0.05) is 35.5 Å². The Labute approximate surface area is 162 Å². The molecule has 3 aromatic rings. The third-order valence-electron chi connectivity index (χ3n) is 5.35. The van der Waals surface area contributed by atoms with Crippen molar-refractivity contribution in [3.63, 3.8) is 0 Å². The van der Waals surface area contributed by atoms with Crippen molar-refractivity contribution in [3.8, 4) is 11.4 Å². The minimum atomic E-state index is 0.00644. The molecule has 2 aromatic heterocycles. The SMILES string of the molecule is O=C(c1cc(C2CC2)[nH]n1)N1CCN(Cc2nc(-c3ccccc3)no2)CC1. The summed E-state index contributed by atoms with van der Waals surface area (Å²) in [5.74, 6) is 1.78. The molecular weight excluding hydrogens is 356 g/mol. The zero-order valence-corrected chi connectivity index (χ0v) is 15.5. The first-order valence-electron chi connectivity index (χ1n) is 9.71. The van der Waals surface area contributed by atoms with Crippen LogP contribution in [-0.2, 0) is 6.54 Å². The molecule has 0 radical (unpaired) electrons. The average molecular weight is 378 g/mol. The van der Waals surface area contributed by atoms with Crippen LogP contribution in [0.5, 0.6) is 0 Å². The van der Waals surface area contributed by atoms with Gasteiger partial charge in [-0.25, -0.2) is 0 Å². The van der Waals surface area contributed by atoms with Gasteiger partial charge in [0.2, 0.25) is 11.7 Å². The second-order valence-corrected chi connectivity index (χ2v) is 7.43. The lowest BCUT2D eigenvalue weighted by atomic mass is 10.2. The molecule has 144 valence electrons. The number of benzene rings is 1. The Balaban J connectivity index is 1.16. The summed E-state index contributed by atoms with van der Waals surface area (Å²) in [5.41, 5.74) is 2.56. The molecular formula is C20H22N6O2. The zero-order valence-electron chi connectivity index (χ0n) is 15.5. The second kappa shape index (κ2) is 7.20. The Morgan fingerprint density at radius 2 is 1.93 bits per heavy atom. The Morgan fingerprint density at radius 1 is 1.14 bits per heavy atom. The summed E-state index contributed by atoms with van der Waals surface area (Å²) in [6.45, 7) is 3.48. The molecule has 0 spiro atoms. The van der Waals surface area contributed by atoms with E-state index in [2.05, 4.69) is 25.2 Å². The predicted molar refractivity (Wildman–Crippen MR) is 101 cm³/mol. The molecule has 1 saturated carbocycles. The van der Waals surface area contributed by atoms with Gasteiger partial charge in [0, 0.05) is 43.4 Å². The van der Waals surface area contributed by atoms with Crippen LogP contribution in [0.1, 0.15) is 40.8 Å². The number of aromatic nitrogens is 4. The van der Waals surface area contributed by atoms with Crippen LogP contribution < -0.4 is 0 Å². The van der Waals surface area contributed by atoms with E-state index in [1.807, 2.05) is 41.3 Å². The van der Waals surface area contributed by atoms with E-state index >= 15 is 0 Å². The van der Waals surface area contributed by atoms with Gasteiger partial charge in [0.1, 0.15) is 5.69 Å². The van der Waals surface area contributed by atoms with Gasteiger partial charge in [-0.3, -0.25) is 14.8 Å². The van der Waals surface area contributed by atoms with Crippen LogP contribution in [0, 0.1) is 0 Å². The van der Waals surface area contributed by atoms with Crippen LogP contribution in [-0.4, -0.2) is 62.2 Å². The van der Waals surface area contributed by atoms with Crippen molar-refractivity contribution in [2.75, 3.05) is 26.2 Å². The Hall–Kier alpha value is -3.00. The topological polar surface area (TPSA) is 91.2 Å². The van der Waals surface area contributed by atoms with Gasteiger partial charge in [-0.2, -0.15) is 10.1 Å². The summed E-state index contributed by atoms with van der Waals surface area (Å²) < 4.78 is 5.40. The molecule has 8 heteroatoms. The number of carbonyl (C=O) groups is 1. The highest BCUT2D eigenvalue weighted by Crippen LogP contribution is 2.39. The highest BCUT2D eigenvalue weighted by Gasteiger charge is 2.29. The van der Waals surface area contributed by atoms with Crippen molar-refractivity contribution in [1.29, 1.82) is 0 Å². The number of nitrogens with one attached hydrogen (secondary N) is 1. The van der Waals surface area contributed by atoms with Crippen LogP contribution >= 0.6 is 0 Å². The van der Waals surface area contributed by atoms with E-state index in [1.165, 1.54) is 12.8 Å². The lowest BCUT2D eigenvalue weighted by molar-refractivity contribution is 0.0609. The third kappa shape index (κ3) is 3.55. The molecule has 2 aliphatic rings. The summed E-state index contributed by atoms with van der Waals surface area (Å²) in [4.78, 5) is 21.2. The van der Waals surface area contributed by atoms with Gasteiger partial charge < -0.3 is 9.42 Å². The summed E-state index contributed by atoms with van der Waals surface area (Å²) >= 11 is 0. The number of rotatable bonds is 5. The monoisotopic (exact) mass is 378 g/mol. The van der Waals surface area contributed by atoms with Crippen LogP contribution in [0.4, 0.5) is 0 Å². The maximum Gasteiger partial charge on any atom is 0.274 e. The number of hydrogen-bond donors (Lipinski definition) is 1. The molecule has 0 bridgehead atoms. The molecule has 1 aromatic carbocycles. The molecule has 28 heavy (non-hydrogen) atoms. The normalized spacial score (nSPS) is 17.8. The number of nitrogens with zero attached hydrogens (tertiary/aromatic N) is 5. The van der Waals surface area contributed by atoms with Crippen molar-refractivity contribution >= 4 is 5.91 Å². The number of amides is 1. The second-order valence-electron chi connectivity index (χ2n) is 7.43. The van der Waals surface area contributed by atoms with Gasteiger partial charge in [0.15, 0.2) is 0 Å². The maximum atomic E-state index is 12.7.